The Kier molecular flexibility index (Phi) is 4.62. The quantitative estimate of drug-likeness (QED) is 0.725. The van der Waals surface area contributed by atoms with Gasteiger partial charge >= 0.3 is 0 Å². The van der Waals surface area contributed by atoms with Crippen molar-refractivity contribution in [1.82, 2.24) is 5.32 Å². The van der Waals surface area contributed by atoms with Crippen LogP contribution in [0.4, 0.5) is 0 Å². The Morgan fingerprint density at radius 3 is 2.50 bits per heavy atom. The number of nitrogens with one attached hydrogen (secondary N) is 1. The fourth-order valence-electron chi connectivity index (χ4n) is 2.29. The SMILES string of the molecule is CC1CCC(OCC(O)CNC2CC2)CC1. The highest BCUT2D eigenvalue weighted by atomic mass is 16.5. The first-order valence-corrected chi connectivity index (χ1v) is 6.77. The van der Waals surface area contributed by atoms with E-state index in [1.807, 2.05) is 0 Å². The second-order valence-electron chi connectivity index (χ2n) is 5.55. The van der Waals surface area contributed by atoms with E-state index in [0.717, 1.165) is 5.92 Å². The monoisotopic (exact) mass is 227 g/mol. The van der Waals surface area contributed by atoms with Gasteiger partial charge in [-0.2, -0.15) is 0 Å². The van der Waals surface area contributed by atoms with Gasteiger partial charge in [-0.3, -0.25) is 0 Å². The van der Waals surface area contributed by atoms with Gasteiger partial charge in [-0.1, -0.05) is 6.92 Å². The maximum Gasteiger partial charge on any atom is 0.0897 e. The van der Waals surface area contributed by atoms with Gasteiger partial charge in [0.15, 0.2) is 0 Å². The lowest BCUT2D eigenvalue weighted by Gasteiger charge is -2.27. The molecule has 0 spiro atoms. The third-order valence-electron chi connectivity index (χ3n) is 3.71. The van der Waals surface area contributed by atoms with Crippen molar-refractivity contribution >= 4 is 0 Å². The number of hydrogen-bond donors (Lipinski definition) is 2. The molecule has 0 saturated heterocycles. The number of aliphatic hydroxyl groups is 1. The van der Waals surface area contributed by atoms with Crippen molar-refractivity contribution in [1.29, 1.82) is 0 Å². The molecule has 0 heterocycles. The summed E-state index contributed by atoms with van der Waals surface area (Å²) in [7, 11) is 0. The zero-order valence-corrected chi connectivity index (χ0v) is 10.3. The van der Waals surface area contributed by atoms with E-state index in [1.54, 1.807) is 0 Å². The second-order valence-corrected chi connectivity index (χ2v) is 5.55. The average Bonchev–Trinajstić information content (AvgIpc) is 3.09. The van der Waals surface area contributed by atoms with Crippen molar-refractivity contribution in [3.8, 4) is 0 Å². The summed E-state index contributed by atoms with van der Waals surface area (Å²) in [5, 5.41) is 13.0. The summed E-state index contributed by atoms with van der Waals surface area (Å²) in [6.07, 6.45) is 7.50. The minimum atomic E-state index is -0.333. The lowest BCUT2D eigenvalue weighted by molar-refractivity contribution is -0.0278. The van der Waals surface area contributed by atoms with E-state index in [-0.39, 0.29) is 6.10 Å². The highest BCUT2D eigenvalue weighted by molar-refractivity contribution is 4.81. The van der Waals surface area contributed by atoms with Crippen molar-refractivity contribution in [3.05, 3.63) is 0 Å². The van der Waals surface area contributed by atoms with Crippen LogP contribution >= 0.6 is 0 Å². The summed E-state index contributed by atoms with van der Waals surface area (Å²) in [5.41, 5.74) is 0. The lowest BCUT2D eigenvalue weighted by atomic mass is 9.89. The van der Waals surface area contributed by atoms with Gasteiger partial charge in [-0.25, -0.2) is 0 Å². The van der Waals surface area contributed by atoms with Crippen LogP contribution < -0.4 is 5.32 Å². The van der Waals surface area contributed by atoms with Crippen LogP contribution in [0.2, 0.25) is 0 Å². The molecular weight excluding hydrogens is 202 g/mol. The molecule has 94 valence electrons. The molecule has 0 amide bonds. The van der Waals surface area contributed by atoms with Crippen molar-refractivity contribution < 1.29 is 9.84 Å². The molecule has 2 N–H and O–H groups in total. The van der Waals surface area contributed by atoms with Gasteiger partial charge in [-0.05, 0) is 44.4 Å². The van der Waals surface area contributed by atoms with Gasteiger partial charge in [0.2, 0.25) is 0 Å². The van der Waals surface area contributed by atoms with E-state index in [9.17, 15) is 5.11 Å². The van der Waals surface area contributed by atoms with Crippen LogP contribution in [0.15, 0.2) is 0 Å². The highest BCUT2D eigenvalue weighted by Gasteiger charge is 2.22. The van der Waals surface area contributed by atoms with Crippen molar-refractivity contribution in [3.63, 3.8) is 0 Å². The van der Waals surface area contributed by atoms with Crippen LogP contribution in [0.3, 0.4) is 0 Å². The molecule has 0 aromatic rings. The molecule has 0 aromatic carbocycles. The number of hydrogen-bond acceptors (Lipinski definition) is 3. The number of ether oxygens (including phenoxy) is 1. The molecule has 2 aliphatic carbocycles. The molecule has 0 aliphatic heterocycles. The normalized spacial score (nSPS) is 32.6. The van der Waals surface area contributed by atoms with Gasteiger partial charge in [0, 0.05) is 12.6 Å². The molecular formula is C13H25NO2. The Balaban J connectivity index is 1.52. The minimum absolute atomic E-state index is 0.333. The van der Waals surface area contributed by atoms with E-state index < -0.39 is 0 Å². The maximum absolute atomic E-state index is 9.72. The first-order chi connectivity index (χ1) is 7.74. The Bertz CT molecular complexity index is 198. The summed E-state index contributed by atoms with van der Waals surface area (Å²) >= 11 is 0. The van der Waals surface area contributed by atoms with E-state index in [4.69, 9.17) is 4.74 Å². The first-order valence-electron chi connectivity index (χ1n) is 6.77. The van der Waals surface area contributed by atoms with Crippen molar-refractivity contribution in [2.75, 3.05) is 13.2 Å². The minimum Gasteiger partial charge on any atom is -0.389 e. The number of rotatable bonds is 6. The fourth-order valence-corrected chi connectivity index (χ4v) is 2.29. The van der Waals surface area contributed by atoms with Crippen LogP contribution in [0.25, 0.3) is 0 Å². The summed E-state index contributed by atoms with van der Waals surface area (Å²) in [5.74, 6) is 0.862. The maximum atomic E-state index is 9.72. The van der Waals surface area contributed by atoms with Gasteiger partial charge < -0.3 is 15.2 Å². The van der Waals surface area contributed by atoms with Crippen LogP contribution in [0.5, 0.6) is 0 Å². The van der Waals surface area contributed by atoms with E-state index >= 15 is 0 Å². The largest absolute Gasteiger partial charge is 0.389 e. The Morgan fingerprint density at radius 2 is 1.88 bits per heavy atom. The first kappa shape index (κ1) is 12.3. The van der Waals surface area contributed by atoms with Gasteiger partial charge in [0.25, 0.3) is 0 Å². The average molecular weight is 227 g/mol. The molecule has 1 unspecified atom stereocenters. The standard InChI is InChI=1S/C13H25NO2/c1-10-2-6-13(7-3-10)16-9-12(15)8-14-11-4-5-11/h10-15H,2-9H2,1H3. The summed E-state index contributed by atoms with van der Waals surface area (Å²) in [6.45, 7) is 3.50. The van der Waals surface area contributed by atoms with Crippen molar-refractivity contribution in [2.24, 2.45) is 5.92 Å². The van der Waals surface area contributed by atoms with Gasteiger partial charge in [-0.15, -0.1) is 0 Å². The summed E-state index contributed by atoms with van der Waals surface area (Å²) in [4.78, 5) is 0. The zero-order valence-electron chi connectivity index (χ0n) is 10.3. The predicted octanol–water partition coefficient (Wildman–Crippen LogP) is 1.69. The predicted molar refractivity (Wildman–Crippen MR) is 64.4 cm³/mol. The van der Waals surface area contributed by atoms with Crippen LogP contribution in [0.1, 0.15) is 45.4 Å². The molecule has 2 fully saturated rings. The molecule has 3 nitrogen and oxygen atoms in total. The molecule has 3 heteroatoms. The molecule has 2 aliphatic rings. The molecule has 16 heavy (non-hydrogen) atoms. The smallest absolute Gasteiger partial charge is 0.0897 e. The van der Waals surface area contributed by atoms with Crippen molar-refractivity contribution in [2.45, 2.75) is 63.7 Å². The number of aliphatic hydroxyl groups excluding tert-OH is 1. The molecule has 0 aromatic heterocycles. The Morgan fingerprint density at radius 1 is 1.19 bits per heavy atom. The van der Waals surface area contributed by atoms with E-state index in [1.165, 1.54) is 38.5 Å². The molecule has 2 rings (SSSR count). The van der Waals surface area contributed by atoms with E-state index in [2.05, 4.69) is 12.2 Å². The molecule has 0 bridgehead atoms. The summed E-state index contributed by atoms with van der Waals surface area (Å²) in [6, 6.07) is 0.671. The second kappa shape index (κ2) is 5.99. The van der Waals surface area contributed by atoms with Crippen LogP contribution in [0, 0.1) is 5.92 Å². The van der Waals surface area contributed by atoms with Crippen LogP contribution in [-0.2, 0) is 4.74 Å². The summed E-state index contributed by atoms with van der Waals surface area (Å²) < 4.78 is 5.76. The highest BCUT2D eigenvalue weighted by Crippen LogP contribution is 2.25. The third-order valence-corrected chi connectivity index (χ3v) is 3.71. The lowest BCUT2D eigenvalue weighted by Crippen LogP contribution is -2.33. The molecule has 0 radical (unpaired) electrons. The Labute approximate surface area is 98.6 Å². The van der Waals surface area contributed by atoms with Crippen LogP contribution in [-0.4, -0.2) is 36.5 Å². The van der Waals surface area contributed by atoms with Gasteiger partial charge in [0.1, 0.15) is 0 Å². The third kappa shape index (κ3) is 4.40. The zero-order chi connectivity index (χ0) is 11.4. The molecule has 1 atom stereocenters. The Hall–Kier alpha value is -0.120. The van der Waals surface area contributed by atoms with E-state index in [0.29, 0.717) is 25.3 Å². The fraction of sp³-hybridized carbons (Fsp3) is 1.00. The molecule has 2 saturated carbocycles. The van der Waals surface area contributed by atoms with Gasteiger partial charge in [0.05, 0.1) is 18.8 Å². The topological polar surface area (TPSA) is 41.5 Å².